The third-order valence-corrected chi connectivity index (χ3v) is 6.72. The van der Waals surface area contributed by atoms with Gasteiger partial charge in [0.25, 0.3) is 0 Å². The summed E-state index contributed by atoms with van der Waals surface area (Å²) in [6.45, 7) is -0.763. The highest BCUT2D eigenvalue weighted by Crippen LogP contribution is 2.53. The van der Waals surface area contributed by atoms with Crippen molar-refractivity contribution in [2.75, 3.05) is 20.8 Å². The monoisotopic (exact) mass is 578 g/mol. The predicted molar refractivity (Wildman–Crippen MR) is 133 cm³/mol. The molecule has 0 saturated carbocycles. The summed E-state index contributed by atoms with van der Waals surface area (Å²) in [6, 6.07) is 4.83. The quantitative estimate of drug-likeness (QED) is 0.202. The summed E-state index contributed by atoms with van der Waals surface area (Å²) in [4.78, 5) is 12.0. The lowest BCUT2D eigenvalue weighted by atomic mass is 9.91. The van der Waals surface area contributed by atoms with Gasteiger partial charge >= 0.3 is 11.8 Å². The summed E-state index contributed by atoms with van der Waals surface area (Å²) in [5, 5.41) is 82.1. The number of hydrogen-bond donors (Lipinski definition) is 8. The number of rotatable bonds is 7. The Hall–Kier alpha value is -4.25. The Labute approximate surface area is 230 Å². The second-order valence-corrected chi connectivity index (χ2v) is 9.28. The lowest BCUT2D eigenvalue weighted by molar-refractivity contribution is -0.290. The molecule has 220 valence electrons. The van der Waals surface area contributed by atoms with E-state index in [1.54, 1.807) is 0 Å². The first kappa shape index (κ1) is 28.3. The molecule has 0 radical (unpaired) electrons. The lowest BCUT2D eigenvalue weighted by Crippen LogP contribution is -2.59. The molecule has 3 heterocycles. The highest BCUT2D eigenvalue weighted by molar-refractivity contribution is 5.98. The fourth-order valence-corrected chi connectivity index (χ4v) is 4.64. The predicted octanol–water partition coefficient (Wildman–Crippen LogP) is -0.758. The zero-order valence-electron chi connectivity index (χ0n) is 21.4. The Morgan fingerprint density at radius 2 is 1.61 bits per heavy atom. The van der Waals surface area contributed by atoms with Gasteiger partial charge in [-0.25, -0.2) is 4.79 Å². The minimum atomic E-state index is -2.97. The van der Waals surface area contributed by atoms with E-state index >= 15 is 0 Å². The van der Waals surface area contributed by atoms with Crippen LogP contribution in [0.25, 0.3) is 11.3 Å². The molecule has 1 fully saturated rings. The molecule has 1 unspecified atom stereocenters. The molecule has 8 N–H and O–H groups in total. The average Bonchev–Trinajstić information content (AvgIpc) is 2.93. The summed E-state index contributed by atoms with van der Waals surface area (Å²) in [6.07, 6.45) is -7.76. The zero-order valence-corrected chi connectivity index (χ0v) is 21.4. The SMILES string of the molecule is COc1cc(C2=C(O[C@@H]3O[C@H](CO)[C@@H](O)[C@H](O)[C@H]3O)C3=CC(O)(C(=O)O)Oc4cc(O)cc(c43)O2)cc(OC)c1O. The Balaban J connectivity index is 1.77. The average molecular weight is 578 g/mol. The number of methoxy groups -OCH3 is 2. The molecular formula is C26H26O15. The van der Waals surface area contributed by atoms with Crippen LogP contribution in [0.15, 0.2) is 36.1 Å². The summed E-state index contributed by atoms with van der Waals surface area (Å²) < 4.78 is 33.2. The van der Waals surface area contributed by atoms with Crippen LogP contribution in [-0.4, -0.2) is 104 Å². The van der Waals surface area contributed by atoms with E-state index in [1.165, 1.54) is 32.4 Å². The molecule has 0 bridgehead atoms. The van der Waals surface area contributed by atoms with Gasteiger partial charge in [-0.3, -0.25) is 0 Å². The van der Waals surface area contributed by atoms with Gasteiger partial charge in [0.1, 0.15) is 41.7 Å². The van der Waals surface area contributed by atoms with E-state index in [0.29, 0.717) is 0 Å². The first-order chi connectivity index (χ1) is 19.4. The summed E-state index contributed by atoms with van der Waals surface area (Å²) in [5.41, 5.74) is -0.0250. The summed E-state index contributed by atoms with van der Waals surface area (Å²) in [5.74, 6) is -6.70. The Kier molecular flexibility index (Phi) is 7.10. The van der Waals surface area contributed by atoms with E-state index in [4.69, 9.17) is 28.4 Å². The molecule has 0 aromatic heterocycles. The summed E-state index contributed by atoms with van der Waals surface area (Å²) >= 11 is 0. The van der Waals surface area contributed by atoms with Crippen molar-refractivity contribution in [2.24, 2.45) is 0 Å². The molecule has 2 aromatic rings. The van der Waals surface area contributed by atoms with Gasteiger partial charge in [-0.05, 0) is 12.1 Å². The third-order valence-electron chi connectivity index (χ3n) is 6.72. The number of aliphatic carboxylic acids is 1. The Morgan fingerprint density at radius 1 is 0.976 bits per heavy atom. The van der Waals surface area contributed by atoms with Crippen LogP contribution in [0.4, 0.5) is 0 Å². The molecule has 15 heteroatoms. The van der Waals surface area contributed by atoms with Crippen molar-refractivity contribution in [3.8, 4) is 34.5 Å². The van der Waals surface area contributed by atoms with Crippen molar-refractivity contribution in [1.82, 2.24) is 0 Å². The van der Waals surface area contributed by atoms with Gasteiger partial charge in [0.05, 0.1) is 26.4 Å². The van der Waals surface area contributed by atoms with Gasteiger partial charge in [-0.1, -0.05) is 0 Å². The standard InChI is InChI=1S/C26H26O15/c1-36-14-3-9(4-15(37-2)18(14)29)22-23(40-24-21(32)20(31)19(30)16(8-27)39-24)11-7-26(35,25(33)34)41-13-6-10(28)5-12(38-22)17(11)13/h3-7,16,19-21,24,27-32,35H,8H2,1-2H3,(H,33,34)/t16-,19-,20+,21-,24+,26?/m1/s1. The van der Waals surface area contributed by atoms with E-state index in [0.717, 1.165) is 12.1 Å². The molecule has 5 rings (SSSR count). The van der Waals surface area contributed by atoms with Crippen molar-refractivity contribution in [2.45, 2.75) is 36.5 Å². The molecule has 41 heavy (non-hydrogen) atoms. The number of carbonyl (C=O) groups is 1. The Bertz CT molecular complexity index is 1420. The minimum absolute atomic E-state index is 0.0368. The van der Waals surface area contributed by atoms with Gasteiger partial charge in [-0.2, -0.15) is 0 Å². The maximum Gasteiger partial charge on any atom is 0.381 e. The zero-order chi connectivity index (χ0) is 29.8. The molecule has 0 amide bonds. The van der Waals surface area contributed by atoms with Gasteiger partial charge in [-0.15, -0.1) is 0 Å². The molecule has 0 spiro atoms. The van der Waals surface area contributed by atoms with Gasteiger partial charge in [0.15, 0.2) is 23.0 Å². The maximum atomic E-state index is 12.0. The normalized spacial score (nSPS) is 28.6. The molecule has 2 aromatic carbocycles. The lowest BCUT2D eigenvalue weighted by Gasteiger charge is -2.41. The summed E-state index contributed by atoms with van der Waals surface area (Å²) in [7, 11) is 2.54. The van der Waals surface area contributed by atoms with Gasteiger partial charge in [0.2, 0.25) is 12.0 Å². The number of benzene rings is 2. The molecule has 3 aliphatic heterocycles. The van der Waals surface area contributed by atoms with E-state index < -0.39 is 54.8 Å². The van der Waals surface area contributed by atoms with Gasteiger partial charge < -0.3 is 69.3 Å². The maximum absolute atomic E-state index is 12.0. The molecular weight excluding hydrogens is 552 g/mol. The van der Waals surface area contributed by atoms with E-state index in [2.05, 4.69) is 0 Å². The van der Waals surface area contributed by atoms with Crippen LogP contribution in [0.3, 0.4) is 0 Å². The van der Waals surface area contributed by atoms with Crippen molar-refractivity contribution in [1.29, 1.82) is 0 Å². The van der Waals surface area contributed by atoms with Crippen LogP contribution in [0.5, 0.6) is 34.5 Å². The fourth-order valence-electron chi connectivity index (χ4n) is 4.64. The van der Waals surface area contributed by atoms with E-state index in [9.17, 15) is 45.6 Å². The number of hydrogen-bond acceptors (Lipinski definition) is 14. The highest BCUT2D eigenvalue weighted by Gasteiger charge is 2.49. The smallest absolute Gasteiger partial charge is 0.381 e. The third kappa shape index (κ3) is 4.63. The highest BCUT2D eigenvalue weighted by atomic mass is 16.7. The van der Waals surface area contributed by atoms with E-state index in [1.807, 2.05) is 0 Å². The van der Waals surface area contributed by atoms with Crippen LogP contribution in [0.2, 0.25) is 0 Å². The van der Waals surface area contributed by atoms with Crippen LogP contribution in [0, 0.1) is 0 Å². The van der Waals surface area contributed by atoms with Crippen LogP contribution in [0.1, 0.15) is 11.1 Å². The van der Waals surface area contributed by atoms with E-state index in [-0.39, 0.29) is 57.0 Å². The second-order valence-electron chi connectivity index (χ2n) is 9.28. The second kappa shape index (κ2) is 10.3. The number of aliphatic hydroxyl groups excluding tert-OH is 4. The number of ether oxygens (including phenoxy) is 6. The number of carboxylic acid groups (broad SMARTS) is 1. The number of allylic oxidation sites excluding steroid dienone is 1. The first-order valence-corrected chi connectivity index (χ1v) is 12.0. The number of phenols is 2. The molecule has 1 saturated heterocycles. The van der Waals surface area contributed by atoms with Crippen LogP contribution in [-0.2, 0) is 14.3 Å². The molecule has 15 nitrogen and oxygen atoms in total. The number of carboxylic acids is 1. The Morgan fingerprint density at radius 3 is 2.20 bits per heavy atom. The van der Waals surface area contributed by atoms with Crippen molar-refractivity contribution in [3.05, 3.63) is 47.2 Å². The number of aromatic hydroxyl groups is 2. The van der Waals surface area contributed by atoms with Crippen LogP contribution >= 0.6 is 0 Å². The first-order valence-electron chi connectivity index (χ1n) is 12.0. The molecule has 3 aliphatic rings. The largest absolute Gasteiger partial charge is 0.508 e. The fraction of sp³-hybridized carbons (Fsp3) is 0.346. The van der Waals surface area contributed by atoms with Crippen molar-refractivity contribution < 1.29 is 74.1 Å². The number of aliphatic hydroxyl groups is 5. The molecule has 0 aliphatic carbocycles. The topological polar surface area (TPSA) is 234 Å². The van der Waals surface area contributed by atoms with Crippen molar-refractivity contribution >= 4 is 17.3 Å². The van der Waals surface area contributed by atoms with Crippen molar-refractivity contribution in [3.63, 3.8) is 0 Å². The number of phenolic OH excluding ortho intramolecular Hbond substituents is 2. The molecule has 6 atom stereocenters. The van der Waals surface area contributed by atoms with Gasteiger partial charge in [0, 0.05) is 29.3 Å². The van der Waals surface area contributed by atoms with Crippen LogP contribution < -0.4 is 18.9 Å². The minimum Gasteiger partial charge on any atom is -0.508 e.